The molecule has 2 amide bonds. The molecule has 1 fully saturated rings. The maximum Gasteiger partial charge on any atom is 0.276 e. The van der Waals surface area contributed by atoms with Crippen LogP contribution in [0.25, 0.3) is 0 Å². The molecule has 2 heterocycles. The maximum absolute atomic E-state index is 12.5. The Balaban J connectivity index is 1.73. The van der Waals surface area contributed by atoms with Crippen molar-refractivity contribution in [1.82, 2.24) is 14.7 Å². The molecule has 0 spiro atoms. The molecule has 3 rings (SSSR count). The summed E-state index contributed by atoms with van der Waals surface area (Å²) in [5, 5.41) is 6.87. The lowest BCUT2D eigenvalue weighted by atomic mass is 10.1. The van der Waals surface area contributed by atoms with Gasteiger partial charge in [-0.2, -0.15) is 5.10 Å². The first-order valence-electron chi connectivity index (χ1n) is 9.18. The molecule has 1 saturated heterocycles. The predicted molar refractivity (Wildman–Crippen MR) is 103 cm³/mol. The number of carbonyl (C=O) groups is 2. The summed E-state index contributed by atoms with van der Waals surface area (Å²) < 4.78 is 1.06. The maximum atomic E-state index is 12.5. The van der Waals surface area contributed by atoms with Gasteiger partial charge in [-0.05, 0) is 62.4 Å². The number of piperidine rings is 1. The second-order valence-corrected chi connectivity index (χ2v) is 6.91. The molecule has 1 aromatic heterocycles. The van der Waals surface area contributed by atoms with Crippen molar-refractivity contribution in [3.05, 3.63) is 57.5 Å². The van der Waals surface area contributed by atoms with E-state index in [1.807, 2.05) is 32.0 Å². The smallest absolute Gasteiger partial charge is 0.276 e. The monoisotopic (exact) mass is 368 g/mol. The zero-order valence-electron chi connectivity index (χ0n) is 15.7. The number of nitrogens with zero attached hydrogens (tertiary/aromatic N) is 3. The third kappa shape index (κ3) is 4.61. The lowest BCUT2D eigenvalue weighted by Crippen LogP contribution is -2.40. The van der Waals surface area contributed by atoms with Gasteiger partial charge < -0.3 is 10.2 Å². The van der Waals surface area contributed by atoms with E-state index in [4.69, 9.17) is 0 Å². The predicted octanol–water partition coefficient (Wildman–Crippen LogP) is 2.12. The van der Waals surface area contributed by atoms with Crippen LogP contribution in [0.3, 0.4) is 0 Å². The SMILES string of the molecule is Cc1ccc(NC(=O)c2ccc(=O)n(CC(=O)N3CCCCC3)n2)cc1C. The van der Waals surface area contributed by atoms with Gasteiger partial charge in [0.1, 0.15) is 12.2 Å². The molecule has 0 radical (unpaired) electrons. The van der Waals surface area contributed by atoms with Crippen LogP contribution in [0, 0.1) is 13.8 Å². The number of amides is 2. The van der Waals surface area contributed by atoms with Gasteiger partial charge in [-0.25, -0.2) is 4.68 Å². The van der Waals surface area contributed by atoms with Gasteiger partial charge in [-0.3, -0.25) is 14.4 Å². The normalized spacial score (nSPS) is 14.1. The molecule has 27 heavy (non-hydrogen) atoms. The number of carbonyl (C=O) groups excluding carboxylic acids is 2. The van der Waals surface area contributed by atoms with E-state index in [1.165, 1.54) is 12.1 Å². The molecule has 1 aromatic carbocycles. The van der Waals surface area contributed by atoms with E-state index in [1.54, 1.807) is 4.90 Å². The summed E-state index contributed by atoms with van der Waals surface area (Å²) >= 11 is 0. The fourth-order valence-corrected chi connectivity index (χ4v) is 3.07. The van der Waals surface area contributed by atoms with Crippen molar-refractivity contribution in [2.75, 3.05) is 18.4 Å². The molecule has 2 aromatic rings. The van der Waals surface area contributed by atoms with Crippen molar-refractivity contribution in [3.8, 4) is 0 Å². The van der Waals surface area contributed by atoms with E-state index in [0.29, 0.717) is 18.8 Å². The highest BCUT2D eigenvalue weighted by molar-refractivity contribution is 6.02. The van der Waals surface area contributed by atoms with Crippen molar-refractivity contribution in [2.24, 2.45) is 0 Å². The van der Waals surface area contributed by atoms with Crippen LogP contribution in [-0.2, 0) is 11.3 Å². The van der Waals surface area contributed by atoms with E-state index in [2.05, 4.69) is 10.4 Å². The number of hydrogen-bond acceptors (Lipinski definition) is 4. The van der Waals surface area contributed by atoms with Gasteiger partial charge in [0.25, 0.3) is 11.5 Å². The second kappa shape index (κ2) is 8.16. The van der Waals surface area contributed by atoms with Crippen molar-refractivity contribution in [2.45, 2.75) is 39.7 Å². The molecular weight excluding hydrogens is 344 g/mol. The van der Waals surface area contributed by atoms with E-state index < -0.39 is 11.5 Å². The minimum Gasteiger partial charge on any atom is -0.341 e. The van der Waals surface area contributed by atoms with Gasteiger partial charge in [-0.15, -0.1) is 0 Å². The number of likely N-dealkylation sites (tertiary alicyclic amines) is 1. The van der Waals surface area contributed by atoms with Gasteiger partial charge in [0.15, 0.2) is 0 Å². The molecule has 0 aliphatic carbocycles. The van der Waals surface area contributed by atoms with Crippen LogP contribution in [-0.4, -0.2) is 39.6 Å². The fraction of sp³-hybridized carbons (Fsp3) is 0.400. The highest BCUT2D eigenvalue weighted by atomic mass is 16.2. The summed E-state index contributed by atoms with van der Waals surface area (Å²) in [6, 6.07) is 8.27. The van der Waals surface area contributed by atoms with Crippen LogP contribution in [0.2, 0.25) is 0 Å². The third-order valence-corrected chi connectivity index (χ3v) is 4.86. The van der Waals surface area contributed by atoms with Crippen LogP contribution in [0.15, 0.2) is 35.1 Å². The molecule has 0 saturated carbocycles. The summed E-state index contributed by atoms with van der Waals surface area (Å²) in [5.74, 6) is -0.562. The first kappa shape index (κ1) is 18.8. The van der Waals surface area contributed by atoms with Gasteiger partial charge in [-0.1, -0.05) is 6.07 Å². The van der Waals surface area contributed by atoms with E-state index in [0.717, 1.165) is 35.1 Å². The molecule has 0 atom stereocenters. The average Bonchev–Trinajstić information content (AvgIpc) is 2.67. The van der Waals surface area contributed by atoms with Crippen LogP contribution in [0.4, 0.5) is 5.69 Å². The molecule has 1 N–H and O–H groups in total. The summed E-state index contributed by atoms with van der Waals surface area (Å²) in [7, 11) is 0. The Hall–Kier alpha value is -2.96. The first-order valence-corrected chi connectivity index (χ1v) is 9.18. The average molecular weight is 368 g/mol. The molecule has 0 bridgehead atoms. The van der Waals surface area contributed by atoms with Crippen LogP contribution >= 0.6 is 0 Å². The lowest BCUT2D eigenvalue weighted by Gasteiger charge is -2.26. The Morgan fingerprint density at radius 3 is 2.48 bits per heavy atom. The Kier molecular flexibility index (Phi) is 5.69. The van der Waals surface area contributed by atoms with E-state index >= 15 is 0 Å². The fourth-order valence-electron chi connectivity index (χ4n) is 3.07. The number of rotatable bonds is 4. The van der Waals surface area contributed by atoms with Crippen molar-refractivity contribution in [1.29, 1.82) is 0 Å². The highest BCUT2D eigenvalue weighted by Gasteiger charge is 2.18. The number of aromatic nitrogens is 2. The molecule has 1 aliphatic heterocycles. The topological polar surface area (TPSA) is 84.3 Å². The molecule has 142 valence electrons. The standard InChI is InChI=1S/C20H24N4O3/c1-14-6-7-16(12-15(14)2)21-20(27)17-8-9-18(25)24(22-17)13-19(26)23-10-4-3-5-11-23/h6-9,12H,3-5,10-11,13H2,1-2H3,(H,21,27). The number of anilines is 1. The van der Waals surface area contributed by atoms with Gasteiger partial charge in [0.05, 0.1) is 0 Å². The zero-order valence-corrected chi connectivity index (χ0v) is 15.7. The molecule has 0 unspecified atom stereocenters. The second-order valence-electron chi connectivity index (χ2n) is 6.91. The van der Waals surface area contributed by atoms with Gasteiger partial charge >= 0.3 is 0 Å². The van der Waals surface area contributed by atoms with E-state index in [9.17, 15) is 14.4 Å². The highest BCUT2D eigenvalue weighted by Crippen LogP contribution is 2.15. The Morgan fingerprint density at radius 1 is 1.04 bits per heavy atom. The minimum atomic E-state index is -0.419. The Bertz CT molecular complexity index is 914. The van der Waals surface area contributed by atoms with Crippen LogP contribution in [0.5, 0.6) is 0 Å². The van der Waals surface area contributed by atoms with Crippen molar-refractivity contribution < 1.29 is 9.59 Å². The Morgan fingerprint density at radius 2 is 1.78 bits per heavy atom. The minimum absolute atomic E-state index is 0.0965. The summed E-state index contributed by atoms with van der Waals surface area (Å²) in [6.45, 7) is 5.23. The summed E-state index contributed by atoms with van der Waals surface area (Å²) in [4.78, 5) is 38.7. The summed E-state index contributed by atoms with van der Waals surface area (Å²) in [5.41, 5.74) is 2.56. The lowest BCUT2D eigenvalue weighted by molar-refractivity contribution is -0.133. The molecular formula is C20H24N4O3. The van der Waals surface area contributed by atoms with Gasteiger partial charge in [0.2, 0.25) is 5.91 Å². The first-order chi connectivity index (χ1) is 12.9. The molecule has 7 heteroatoms. The molecule has 1 aliphatic rings. The van der Waals surface area contributed by atoms with Gasteiger partial charge in [0, 0.05) is 24.8 Å². The number of benzene rings is 1. The number of hydrogen-bond donors (Lipinski definition) is 1. The largest absolute Gasteiger partial charge is 0.341 e. The quantitative estimate of drug-likeness (QED) is 0.896. The summed E-state index contributed by atoms with van der Waals surface area (Å²) in [6.07, 6.45) is 3.08. The van der Waals surface area contributed by atoms with Crippen molar-refractivity contribution in [3.63, 3.8) is 0 Å². The molecule has 7 nitrogen and oxygen atoms in total. The number of nitrogens with one attached hydrogen (secondary N) is 1. The third-order valence-electron chi connectivity index (χ3n) is 4.86. The van der Waals surface area contributed by atoms with E-state index in [-0.39, 0.29) is 18.1 Å². The number of aryl methyl sites for hydroxylation is 2. The van der Waals surface area contributed by atoms with Crippen LogP contribution in [0.1, 0.15) is 40.9 Å². The van der Waals surface area contributed by atoms with Crippen LogP contribution < -0.4 is 10.9 Å². The zero-order chi connectivity index (χ0) is 19.4. The van der Waals surface area contributed by atoms with Crippen molar-refractivity contribution >= 4 is 17.5 Å². The Labute approximate surface area is 158 Å².